The highest BCUT2D eigenvalue weighted by Gasteiger charge is 2.37. The van der Waals surface area contributed by atoms with Crippen molar-refractivity contribution in [3.8, 4) is 0 Å². The molecule has 3 aliphatic heterocycles. The maximum Gasteiger partial charge on any atom is 0.316 e. The zero-order chi connectivity index (χ0) is 19.7. The van der Waals surface area contributed by atoms with Crippen molar-refractivity contribution in [1.29, 1.82) is 0 Å². The summed E-state index contributed by atoms with van der Waals surface area (Å²) in [6, 6.07) is 0. The fourth-order valence-electron chi connectivity index (χ4n) is 3.57. The van der Waals surface area contributed by atoms with E-state index in [2.05, 4.69) is 10.1 Å². The summed E-state index contributed by atoms with van der Waals surface area (Å²) in [5.41, 5.74) is 4.58. The summed E-state index contributed by atoms with van der Waals surface area (Å²) in [4.78, 5) is 30.1. The SMILES string of the molecule is Cn1cc(C2=CN=C(CC3=C4C=CC=CN4C(=O)C(C(=O)O)C3)C=CC2)cn1. The van der Waals surface area contributed by atoms with Crippen LogP contribution in [0.5, 0.6) is 0 Å². The predicted molar refractivity (Wildman–Crippen MR) is 105 cm³/mol. The van der Waals surface area contributed by atoms with Crippen LogP contribution in [-0.2, 0) is 16.6 Å². The summed E-state index contributed by atoms with van der Waals surface area (Å²) in [6.07, 6.45) is 18.1. The molecule has 1 aromatic rings. The monoisotopic (exact) mass is 376 g/mol. The zero-order valence-corrected chi connectivity index (χ0v) is 15.4. The minimum Gasteiger partial charge on any atom is -0.481 e. The van der Waals surface area contributed by atoms with E-state index in [1.165, 1.54) is 4.90 Å². The lowest BCUT2D eigenvalue weighted by Crippen LogP contribution is -2.40. The number of aromatic nitrogens is 2. The van der Waals surface area contributed by atoms with Gasteiger partial charge in [-0.15, -0.1) is 0 Å². The van der Waals surface area contributed by atoms with Crippen molar-refractivity contribution >= 4 is 23.2 Å². The van der Waals surface area contributed by atoms with Crippen LogP contribution in [0.25, 0.3) is 5.57 Å². The summed E-state index contributed by atoms with van der Waals surface area (Å²) >= 11 is 0. The van der Waals surface area contributed by atoms with Crippen molar-refractivity contribution < 1.29 is 14.7 Å². The van der Waals surface area contributed by atoms with Gasteiger partial charge in [-0.05, 0) is 42.2 Å². The number of carboxylic acid groups (broad SMARTS) is 1. The van der Waals surface area contributed by atoms with Crippen molar-refractivity contribution in [2.24, 2.45) is 18.0 Å². The molecule has 0 aliphatic carbocycles. The van der Waals surface area contributed by atoms with Crippen LogP contribution in [0.15, 0.2) is 71.4 Å². The Labute approximate surface area is 162 Å². The number of allylic oxidation sites excluding steroid dienone is 7. The highest BCUT2D eigenvalue weighted by Crippen LogP contribution is 2.33. The normalized spacial score (nSPS) is 21.4. The van der Waals surface area contributed by atoms with E-state index >= 15 is 0 Å². The van der Waals surface area contributed by atoms with Gasteiger partial charge in [-0.3, -0.25) is 24.2 Å². The second kappa shape index (κ2) is 7.26. The molecule has 142 valence electrons. The number of hydrogen-bond donors (Lipinski definition) is 1. The third-order valence-corrected chi connectivity index (χ3v) is 5.01. The number of rotatable bonds is 4. The lowest BCUT2D eigenvalue weighted by molar-refractivity contribution is -0.149. The second-order valence-corrected chi connectivity index (χ2v) is 6.95. The molecule has 28 heavy (non-hydrogen) atoms. The van der Waals surface area contributed by atoms with E-state index in [1.54, 1.807) is 17.0 Å². The Bertz CT molecular complexity index is 1020. The van der Waals surface area contributed by atoms with Crippen LogP contribution in [0.2, 0.25) is 0 Å². The third-order valence-electron chi connectivity index (χ3n) is 5.01. The molecule has 0 saturated carbocycles. The maximum atomic E-state index is 12.5. The minimum absolute atomic E-state index is 0.199. The summed E-state index contributed by atoms with van der Waals surface area (Å²) < 4.78 is 1.75. The number of amides is 1. The molecular weight excluding hydrogens is 356 g/mol. The van der Waals surface area contributed by atoms with Gasteiger partial charge in [0.15, 0.2) is 0 Å². The molecule has 1 amide bonds. The largest absolute Gasteiger partial charge is 0.481 e. The number of aliphatic imine (C=N–C) groups is 1. The Kier molecular flexibility index (Phi) is 4.65. The molecule has 4 heterocycles. The van der Waals surface area contributed by atoms with Crippen molar-refractivity contribution in [1.82, 2.24) is 14.7 Å². The van der Waals surface area contributed by atoms with Crippen molar-refractivity contribution in [3.05, 3.63) is 72.0 Å². The molecule has 0 saturated heterocycles. The average molecular weight is 376 g/mol. The summed E-state index contributed by atoms with van der Waals surface area (Å²) in [7, 11) is 1.88. The van der Waals surface area contributed by atoms with Gasteiger partial charge in [0.1, 0.15) is 5.92 Å². The van der Waals surface area contributed by atoms with Gasteiger partial charge in [-0.1, -0.05) is 12.2 Å². The standard InChI is InChI=1S/C21H20N4O3/c1-24-13-16(12-23-24)14-5-4-6-17(22-11-14)9-15-10-18(21(27)28)20(26)25-8-3-2-7-19(15)25/h2-4,6-8,11-13,18H,5,9-10H2,1H3,(H,27,28). The fourth-order valence-corrected chi connectivity index (χ4v) is 3.57. The van der Waals surface area contributed by atoms with E-state index in [9.17, 15) is 14.7 Å². The van der Waals surface area contributed by atoms with Gasteiger partial charge in [-0.25, -0.2) is 0 Å². The minimum atomic E-state index is -1.10. The van der Waals surface area contributed by atoms with Gasteiger partial charge in [0.25, 0.3) is 0 Å². The van der Waals surface area contributed by atoms with E-state index in [-0.39, 0.29) is 6.42 Å². The molecule has 0 spiro atoms. The van der Waals surface area contributed by atoms with Crippen LogP contribution in [-0.4, -0.2) is 37.4 Å². The lowest BCUT2D eigenvalue weighted by atomic mass is 9.88. The molecule has 0 bridgehead atoms. The van der Waals surface area contributed by atoms with E-state index in [4.69, 9.17) is 0 Å². The number of hydrogen-bond acceptors (Lipinski definition) is 4. The Morgan fingerprint density at radius 3 is 2.93 bits per heavy atom. The van der Waals surface area contributed by atoms with Gasteiger partial charge in [-0.2, -0.15) is 5.10 Å². The van der Waals surface area contributed by atoms with Crippen LogP contribution in [0, 0.1) is 5.92 Å². The van der Waals surface area contributed by atoms with Crippen LogP contribution < -0.4 is 0 Å². The number of aryl methyl sites for hydroxylation is 1. The molecular formula is C21H20N4O3. The number of fused-ring (bicyclic) bond motifs is 1. The molecule has 3 aliphatic rings. The fraction of sp³-hybridized carbons (Fsp3) is 0.238. The molecule has 1 unspecified atom stereocenters. The Hall–Kier alpha value is -3.48. The third kappa shape index (κ3) is 3.38. The highest BCUT2D eigenvalue weighted by atomic mass is 16.4. The maximum absolute atomic E-state index is 12.5. The number of nitrogens with zero attached hydrogens (tertiary/aromatic N) is 4. The molecule has 1 atom stereocenters. The molecule has 4 rings (SSSR count). The van der Waals surface area contributed by atoms with Crippen LogP contribution in [0.3, 0.4) is 0 Å². The Morgan fingerprint density at radius 2 is 2.18 bits per heavy atom. The highest BCUT2D eigenvalue weighted by molar-refractivity contribution is 6.02. The first kappa shape index (κ1) is 17.9. The van der Waals surface area contributed by atoms with Crippen molar-refractivity contribution in [2.45, 2.75) is 19.3 Å². The topological polar surface area (TPSA) is 87.8 Å². The van der Waals surface area contributed by atoms with Gasteiger partial charge in [0.05, 0.1) is 6.20 Å². The summed E-state index contributed by atoms with van der Waals surface area (Å²) in [5.74, 6) is -2.56. The molecule has 1 N–H and O–H groups in total. The van der Waals surface area contributed by atoms with E-state index in [0.717, 1.165) is 34.5 Å². The molecule has 7 nitrogen and oxygen atoms in total. The number of carbonyl (C=O) groups is 2. The zero-order valence-electron chi connectivity index (χ0n) is 15.4. The Balaban J connectivity index is 1.63. The summed E-state index contributed by atoms with van der Waals surface area (Å²) in [5, 5.41) is 13.7. The van der Waals surface area contributed by atoms with Gasteiger partial charge < -0.3 is 5.11 Å². The van der Waals surface area contributed by atoms with E-state index < -0.39 is 17.8 Å². The molecule has 1 aromatic heterocycles. The first-order valence-electron chi connectivity index (χ1n) is 9.07. The number of aliphatic carboxylic acids is 1. The first-order valence-corrected chi connectivity index (χ1v) is 9.07. The quantitative estimate of drug-likeness (QED) is 0.819. The van der Waals surface area contributed by atoms with Gasteiger partial charge >= 0.3 is 5.97 Å². The Morgan fingerprint density at radius 1 is 1.32 bits per heavy atom. The first-order chi connectivity index (χ1) is 13.5. The lowest BCUT2D eigenvalue weighted by Gasteiger charge is -2.32. The molecule has 0 aromatic carbocycles. The van der Waals surface area contributed by atoms with Crippen molar-refractivity contribution in [2.75, 3.05) is 0 Å². The van der Waals surface area contributed by atoms with E-state index in [1.807, 2.05) is 49.9 Å². The molecule has 7 heteroatoms. The smallest absolute Gasteiger partial charge is 0.316 e. The molecule has 0 radical (unpaired) electrons. The van der Waals surface area contributed by atoms with Gasteiger partial charge in [0.2, 0.25) is 5.91 Å². The number of carbonyl (C=O) groups excluding carboxylic acids is 1. The second-order valence-electron chi connectivity index (χ2n) is 6.95. The van der Waals surface area contributed by atoms with Crippen LogP contribution >= 0.6 is 0 Å². The van der Waals surface area contributed by atoms with Crippen molar-refractivity contribution in [3.63, 3.8) is 0 Å². The molecule has 0 fully saturated rings. The average Bonchev–Trinajstić information content (AvgIpc) is 2.98. The van der Waals surface area contributed by atoms with Crippen LogP contribution in [0.1, 0.15) is 24.8 Å². The summed E-state index contributed by atoms with van der Waals surface area (Å²) in [6.45, 7) is 0. The predicted octanol–water partition coefficient (Wildman–Crippen LogP) is 2.82. The number of carboxylic acids is 1. The van der Waals surface area contributed by atoms with Crippen LogP contribution in [0.4, 0.5) is 0 Å². The van der Waals surface area contributed by atoms with Gasteiger partial charge in [0, 0.05) is 49.0 Å². The van der Waals surface area contributed by atoms with E-state index in [0.29, 0.717) is 6.42 Å².